The lowest BCUT2D eigenvalue weighted by molar-refractivity contribution is -0.137. The predicted octanol–water partition coefficient (Wildman–Crippen LogP) is 7.58. The van der Waals surface area contributed by atoms with Crippen molar-refractivity contribution in [3.63, 3.8) is 0 Å². The number of anilines is 2. The average molecular weight is 515 g/mol. The number of ether oxygens (including phenoxy) is 1. The fourth-order valence-corrected chi connectivity index (χ4v) is 5.09. The first kappa shape index (κ1) is 25.3. The number of alkyl halides is 3. The van der Waals surface area contributed by atoms with Gasteiger partial charge in [0.1, 0.15) is 23.4 Å². The van der Waals surface area contributed by atoms with Crippen molar-refractivity contribution >= 4 is 17.5 Å². The number of benzene rings is 3. The normalized spacial score (nSPS) is 17.7. The van der Waals surface area contributed by atoms with Gasteiger partial charge in [0.25, 0.3) is 0 Å². The highest BCUT2D eigenvalue weighted by Gasteiger charge is 2.34. The van der Waals surface area contributed by atoms with E-state index in [0.29, 0.717) is 19.0 Å². The molecule has 3 aromatic carbocycles. The quantitative estimate of drug-likeness (QED) is 0.343. The smallest absolute Gasteiger partial charge is 0.416 e. The lowest BCUT2D eigenvalue weighted by Crippen LogP contribution is -2.40. The van der Waals surface area contributed by atoms with Gasteiger partial charge in [0, 0.05) is 11.7 Å². The summed E-state index contributed by atoms with van der Waals surface area (Å²) in [6.45, 7) is 2.73. The van der Waals surface area contributed by atoms with Crippen LogP contribution in [0, 0.1) is 11.6 Å². The minimum Gasteiger partial charge on any atom is -0.486 e. The molecule has 0 radical (unpaired) electrons. The van der Waals surface area contributed by atoms with Crippen LogP contribution in [0.2, 0.25) is 0 Å². The van der Waals surface area contributed by atoms with Crippen LogP contribution < -0.4 is 15.0 Å². The van der Waals surface area contributed by atoms with Gasteiger partial charge in [-0.15, -0.1) is 0 Å². The van der Waals surface area contributed by atoms with Crippen LogP contribution in [0.1, 0.15) is 48.1 Å². The van der Waals surface area contributed by atoms with Crippen molar-refractivity contribution in [2.75, 3.05) is 18.0 Å². The molecule has 1 aliphatic carbocycles. The second-order valence-corrected chi connectivity index (χ2v) is 9.46. The van der Waals surface area contributed by atoms with E-state index in [2.05, 4.69) is 42.6 Å². The molecule has 2 atom stereocenters. The van der Waals surface area contributed by atoms with Gasteiger partial charge in [0.2, 0.25) is 0 Å². The summed E-state index contributed by atoms with van der Waals surface area (Å²) in [4.78, 5) is 1.37. The molecule has 0 aromatic heterocycles. The number of aryl methyl sites for hydroxylation is 1. The molecular formula is C29H27F5N2O. The van der Waals surface area contributed by atoms with Gasteiger partial charge in [-0.05, 0) is 79.8 Å². The molecule has 0 fully saturated rings. The molecule has 8 heteroatoms. The van der Waals surface area contributed by atoms with Crippen LogP contribution in [0.5, 0.6) is 5.75 Å². The molecule has 0 spiro atoms. The number of rotatable bonds is 6. The van der Waals surface area contributed by atoms with Crippen LogP contribution >= 0.6 is 0 Å². The zero-order valence-electron chi connectivity index (χ0n) is 20.3. The Morgan fingerprint density at radius 2 is 1.89 bits per heavy atom. The van der Waals surface area contributed by atoms with Crippen LogP contribution in [-0.4, -0.2) is 19.2 Å². The second-order valence-electron chi connectivity index (χ2n) is 9.46. The number of fused-ring (bicyclic) bond motifs is 2. The lowest BCUT2D eigenvalue weighted by atomic mass is 9.90. The molecule has 1 N–H and O–H groups in total. The molecule has 3 nitrogen and oxygen atoms in total. The molecule has 0 saturated heterocycles. The van der Waals surface area contributed by atoms with E-state index in [9.17, 15) is 22.0 Å². The molecule has 1 aliphatic heterocycles. The van der Waals surface area contributed by atoms with Crippen molar-refractivity contribution in [3.05, 3.63) is 94.6 Å². The highest BCUT2D eigenvalue weighted by Crippen LogP contribution is 2.42. The van der Waals surface area contributed by atoms with Gasteiger partial charge < -0.3 is 15.0 Å². The number of nitrogens with one attached hydrogen (secondary N) is 1. The summed E-state index contributed by atoms with van der Waals surface area (Å²) in [6.07, 6.45) is 1.73. The monoisotopic (exact) mass is 514 g/mol. The summed E-state index contributed by atoms with van der Waals surface area (Å²) in [7, 11) is 0. The number of hydrogen-bond acceptors (Lipinski definition) is 3. The van der Waals surface area contributed by atoms with Gasteiger partial charge in [-0.3, -0.25) is 0 Å². The fraction of sp³-hybridized carbons (Fsp3) is 0.310. The molecule has 0 saturated carbocycles. The molecule has 0 amide bonds. The zero-order valence-corrected chi connectivity index (χ0v) is 20.3. The van der Waals surface area contributed by atoms with E-state index in [4.69, 9.17) is 4.74 Å². The molecule has 1 heterocycles. The van der Waals surface area contributed by atoms with Gasteiger partial charge in [-0.2, -0.15) is 13.2 Å². The zero-order chi connectivity index (χ0) is 26.2. The maximum atomic E-state index is 14.8. The molecule has 5 rings (SSSR count). The Bertz CT molecular complexity index is 1320. The molecule has 37 heavy (non-hydrogen) atoms. The molecule has 0 bridgehead atoms. The maximum Gasteiger partial charge on any atom is 0.416 e. The number of allylic oxidation sites excluding steroid dienone is 1. The van der Waals surface area contributed by atoms with Crippen LogP contribution in [0.25, 0.3) is 6.08 Å². The van der Waals surface area contributed by atoms with Crippen molar-refractivity contribution in [2.24, 2.45) is 0 Å². The standard InChI is InChI=1S/C29H27F5N2O/c1-18(24-9-4-7-19-6-2-3-8-25(19)24)35-13-12-23-17-36(28-26(31)10-5-11-27(28)37-23)22-15-20(29(32,33)34)14-21(30)16-22/h3-5,7-11,14-16,18,23,35H,2,6,12-13,17H2,1H3. The molecular weight excluding hydrogens is 487 g/mol. The SMILES string of the molecule is CC(NCCC1CN(c2cc(F)cc(C(F)(F)F)c2)c2c(F)cccc2O1)c1cccc2c1C=CCC2. The third-order valence-corrected chi connectivity index (χ3v) is 6.90. The van der Waals surface area contributed by atoms with E-state index in [1.807, 2.05) is 0 Å². The number of para-hydroxylation sites is 1. The highest BCUT2D eigenvalue weighted by atomic mass is 19.4. The Morgan fingerprint density at radius 3 is 2.70 bits per heavy atom. The largest absolute Gasteiger partial charge is 0.486 e. The third kappa shape index (κ3) is 5.34. The Morgan fingerprint density at radius 1 is 1.08 bits per heavy atom. The fourth-order valence-electron chi connectivity index (χ4n) is 5.09. The summed E-state index contributed by atoms with van der Waals surface area (Å²) in [5, 5.41) is 3.51. The van der Waals surface area contributed by atoms with Crippen molar-refractivity contribution in [1.29, 1.82) is 0 Å². The van der Waals surface area contributed by atoms with Gasteiger partial charge in [-0.1, -0.05) is 36.4 Å². The third-order valence-electron chi connectivity index (χ3n) is 6.90. The van der Waals surface area contributed by atoms with E-state index in [-0.39, 0.29) is 29.7 Å². The minimum atomic E-state index is -4.73. The van der Waals surface area contributed by atoms with E-state index >= 15 is 0 Å². The van der Waals surface area contributed by atoms with Gasteiger partial charge >= 0.3 is 6.18 Å². The van der Waals surface area contributed by atoms with Crippen molar-refractivity contribution in [1.82, 2.24) is 5.32 Å². The number of halogens is 5. The maximum absolute atomic E-state index is 14.8. The van der Waals surface area contributed by atoms with Crippen molar-refractivity contribution in [3.8, 4) is 5.75 Å². The van der Waals surface area contributed by atoms with E-state index in [1.54, 1.807) is 6.07 Å². The van der Waals surface area contributed by atoms with Gasteiger partial charge in [0.05, 0.1) is 12.1 Å². The van der Waals surface area contributed by atoms with Gasteiger partial charge in [0.15, 0.2) is 5.82 Å². The Hall–Kier alpha value is -3.39. The summed E-state index contributed by atoms with van der Waals surface area (Å²) >= 11 is 0. The topological polar surface area (TPSA) is 24.5 Å². The number of nitrogens with zero attached hydrogens (tertiary/aromatic N) is 1. The average Bonchev–Trinajstić information content (AvgIpc) is 2.87. The Kier molecular flexibility index (Phi) is 6.94. The molecule has 2 aliphatic rings. The van der Waals surface area contributed by atoms with Crippen LogP contribution in [0.3, 0.4) is 0 Å². The van der Waals surface area contributed by atoms with Crippen molar-refractivity contribution < 1.29 is 26.7 Å². The summed E-state index contributed by atoms with van der Waals surface area (Å²) in [5.41, 5.74) is 2.57. The Labute approximate surface area is 212 Å². The first-order valence-electron chi connectivity index (χ1n) is 12.3. The van der Waals surface area contributed by atoms with Crippen LogP contribution in [0.15, 0.2) is 60.7 Å². The minimum absolute atomic E-state index is 0.00139. The lowest BCUT2D eigenvalue weighted by Gasteiger charge is -2.37. The van der Waals surface area contributed by atoms with Gasteiger partial charge in [-0.25, -0.2) is 8.78 Å². The van der Waals surface area contributed by atoms with Crippen LogP contribution in [-0.2, 0) is 12.6 Å². The summed E-state index contributed by atoms with van der Waals surface area (Å²) < 4.78 is 75.1. The predicted molar refractivity (Wildman–Crippen MR) is 134 cm³/mol. The van der Waals surface area contributed by atoms with E-state index < -0.39 is 29.5 Å². The summed E-state index contributed by atoms with van der Waals surface area (Å²) in [5.74, 6) is -1.48. The van der Waals surface area contributed by atoms with E-state index in [1.165, 1.54) is 33.7 Å². The first-order chi connectivity index (χ1) is 17.7. The molecule has 194 valence electrons. The number of hydrogen-bond donors (Lipinski definition) is 1. The van der Waals surface area contributed by atoms with Crippen molar-refractivity contribution in [2.45, 2.75) is 44.5 Å². The molecule has 2 unspecified atom stereocenters. The first-order valence-corrected chi connectivity index (χ1v) is 12.3. The van der Waals surface area contributed by atoms with Crippen LogP contribution in [0.4, 0.5) is 33.3 Å². The molecule has 3 aromatic rings. The van der Waals surface area contributed by atoms with E-state index in [0.717, 1.165) is 25.0 Å². The highest BCUT2D eigenvalue weighted by molar-refractivity contribution is 5.72. The Balaban J connectivity index is 1.34. The second kappa shape index (κ2) is 10.2. The summed E-state index contributed by atoms with van der Waals surface area (Å²) in [6, 6.07) is 12.9.